The first-order valence-corrected chi connectivity index (χ1v) is 7.00. The fourth-order valence-corrected chi connectivity index (χ4v) is 3.03. The molecule has 2 N–H and O–H groups in total. The second-order valence-corrected chi connectivity index (χ2v) is 5.36. The fourth-order valence-electron chi connectivity index (χ4n) is 3.03. The summed E-state index contributed by atoms with van der Waals surface area (Å²) in [4.78, 5) is 16.7. The molecule has 0 aromatic carbocycles. The minimum atomic E-state index is -0.282. The summed E-state index contributed by atoms with van der Waals surface area (Å²) in [5, 5.41) is 0. The van der Waals surface area contributed by atoms with Gasteiger partial charge in [-0.2, -0.15) is 0 Å². The number of rotatable bonds is 3. The molecule has 2 aliphatic rings. The molecule has 2 fully saturated rings. The number of piperidine rings is 1. The Balaban J connectivity index is 1.88. The van der Waals surface area contributed by atoms with Crippen molar-refractivity contribution in [1.29, 1.82) is 0 Å². The Morgan fingerprint density at radius 1 is 1.35 bits per heavy atom. The summed E-state index contributed by atoms with van der Waals surface area (Å²) in [6.07, 6.45) is 5.66. The van der Waals surface area contributed by atoms with Crippen LogP contribution in [0.2, 0.25) is 0 Å². The summed E-state index contributed by atoms with van der Waals surface area (Å²) in [7, 11) is 0. The van der Waals surface area contributed by atoms with E-state index in [4.69, 9.17) is 5.73 Å². The standard InChI is InChI=1S/C13H25N3O/c1-2-5-12(14)13(17)16-9-8-15-7-4-3-6-11(15)10-16/h11-12H,2-10,14H2,1H3/t11-,12+/m0/s1. The lowest BCUT2D eigenvalue weighted by molar-refractivity contribution is -0.136. The van der Waals surface area contributed by atoms with Crippen molar-refractivity contribution in [2.75, 3.05) is 26.2 Å². The lowest BCUT2D eigenvalue weighted by Crippen LogP contribution is -2.58. The van der Waals surface area contributed by atoms with Crippen molar-refractivity contribution in [1.82, 2.24) is 9.80 Å². The van der Waals surface area contributed by atoms with Crippen molar-refractivity contribution in [2.24, 2.45) is 5.73 Å². The number of hydrogen-bond acceptors (Lipinski definition) is 3. The molecule has 2 rings (SSSR count). The summed E-state index contributed by atoms with van der Waals surface area (Å²) in [6.45, 7) is 6.10. The van der Waals surface area contributed by atoms with E-state index in [0.717, 1.165) is 32.5 Å². The lowest BCUT2D eigenvalue weighted by Gasteiger charge is -2.44. The molecule has 2 atom stereocenters. The van der Waals surface area contributed by atoms with E-state index < -0.39 is 0 Å². The van der Waals surface area contributed by atoms with Crippen LogP contribution in [0.25, 0.3) is 0 Å². The van der Waals surface area contributed by atoms with Gasteiger partial charge in [-0.3, -0.25) is 9.69 Å². The number of nitrogens with zero attached hydrogens (tertiary/aromatic N) is 2. The zero-order valence-corrected chi connectivity index (χ0v) is 10.9. The van der Waals surface area contributed by atoms with Gasteiger partial charge in [0, 0.05) is 25.7 Å². The van der Waals surface area contributed by atoms with Gasteiger partial charge in [-0.1, -0.05) is 19.8 Å². The molecule has 4 heteroatoms. The number of piperazine rings is 1. The van der Waals surface area contributed by atoms with Crippen LogP contribution in [0, 0.1) is 0 Å². The SMILES string of the molecule is CCC[C@@H](N)C(=O)N1CCN2CCCC[C@H]2C1. The van der Waals surface area contributed by atoms with Gasteiger partial charge in [-0.05, 0) is 25.8 Å². The van der Waals surface area contributed by atoms with Crippen LogP contribution >= 0.6 is 0 Å². The molecule has 0 unspecified atom stereocenters. The summed E-state index contributed by atoms with van der Waals surface area (Å²) < 4.78 is 0. The number of carbonyl (C=O) groups is 1. The quantitative estimate of drug-likeness (QED) is 0.793. The Kier molecular flexibility index (Phi) is 4.40. The predicted octanol–water partition coefficient (Wildman–Crippen LogP) is 0.811. The third-order valence-electron chi connectivity index (χ3n) is 4.07. The molecule has 0 aromatic rings. The van der Waals surface area contributed by atoms with Gasteiger partial charge in [0.15, 0.2) is 0 Å². The largest absolute Gasteiger partial charge is 0.338 e. The van der Waals surface area contributed by atoms with Crippen LogP contribution < -0.4 is 5.73 Å². The number of hydrogen-bond donors (Lipinski definition) is 1. The lowest BCUT2D eigenvalue weighted by atomic mass is 9.99. The van der Waals surface area contributed by atoms with Crippen LogP contribution in [0.4, 0.5) is 0 Å². The van der Waals surface area contributed by atoms with E-state index in [9.17, 15) is 4.79 Å². The fraction of sp³-hybridized carbons (Fsp3) is 0.923. The van der Waals surface area contributed by atoms with Crippen LogP contribution in [-0.2, 0) is 4.79 Å². The highest BCUT2D eigenvalue weighted by molar-refractivity contribution is 5.81. The van der Waals surface area contributed by atoms with E-state index in [0.29, 0.717) is 6.04 Å². The van der Waals surface area contributed by atoms with Gasteiger partial charge in [0.05, 0.1) is 6.04 Å². The summed E-state index contributed by atoms with van der Waals surface area (Å²) in [5.41, 5.74) is 5.92. The van der Waals surface area contributed by atoms with Gasteiger partial charge in [-0.15, -0.1) is 0 Å². The molecule has 98 valence electrons. The van der Waals surface area contributed by atoms with E-state index in [1.54, 1.807) is 0 Å². The number of amides is 1. The van der Waals surface area contributed by atoms with E-state index in [-0.39, 0.29) is 11.9 Å². The van der Waals surface area contributed by atoms with Crippen LogP contribution in [0.3, 0.4) is 0 Å². The molecule has 2 saturated heterocycles. The van der Waals surface area contributed by atoms with Crippen molar-refractivity contribution in [3.8, 4) is 0 Å². The maximum atomic E-state index is 12.1. The average molecular weight is 239 g/mol. The van der Waals surface area contributed by atoms with Crippen LogP contribution in [0.5, 0.6) is 0 Å². The van der Waals surface area contributed by atoms with E-state index in [2.05, 4.69) is 11.8 Å². The van der Waals surface area contributed by atoms with E-state index in [1.807, 2.05) is 4.90 Å². The first-order chi connectivity index (χ1) is 8.22. The van der Waals surface area contributed by atoms with Crippen molar-refractivity contribution < 1.29 is 4.79 Å². The van der Waals surface area contributed by atoms with Crippen molar-refractivity contribution >= 4 is 5.91 Å². The van der Waals surface area contributed by atoms with E-state index >= 15 is 0 Å². The Labute approximate surface area is 104 Å². The van der Waals surface area contributed by atoms with E-state index in [1.165, 1.54) is 25.8 Å². The Morgan fingerprint density at radius 2 is 2.18 bits per heavy atom. The third kappa shape index (κ3) is 2.99. The summed E-state index contributed by atoms with van der Waals surface area (Å²) >= 11 is 0. The zero-order valence-electron chi connectivity index (χ0n) is 10.9. The molecule has 0 spiro atoms. The molecule has 2 aliphatic heterocycles. The Morgan fingerprint density at radius 3 is 2.94 bits per heavy atom. The molecule has 0 radical (unpaired) electrons. The van der Waals surface area contributed by atoms with Gasteiger partial charge in [0.1, 0.15) is 0 Å². The second kappa shape index (κ2) is 5.83. The maximum Gasteiger partial charge on any atom is 0.239 e. The molecule has 0 aromatic heterocycles. The molecule has 17 heavy (non-hydrogen) atoms. The Bertz CT molecular complexity index is 269. The third-order valence-corrected chi connectivity index (χ3v) is 4.07. The topological polar surface area (TPSA) is 49.6 Å². The highest BCUT2D eigenvalue weighted by atomic mass is 16.2. The van der Waals surface area contributed by atoms with Crippen molar-refractivity contribution in [2.45, 2.75) is 51.1 Å². The van der Waals surface area contributed by atoms with Crippen molar-refractivity contribution in [3.05, 3.63) is 0 Å². The maximum absolute atomic E-state index is 12.1. The van der Waals surface area contributed by atoms with Crippen molar-refractivity contribution in [3.63, 3.8) is 0 Å². The van der Waals surface area contributed by atoms with Gasteiger partial charge in [0.2, 0.25) is 5.91 Å². The van der Waals surface area contributed by atoms with Gasteiger partial charge < -0.3 is 10.6 Å². The van der Waals surface area contributed by atoms with Crippen LogP contribution in [0.15, 0.2) is 0 Å². The monoisotopic (exact) mass is 239 g/mol. The molecule has 0 bridgehead atoms. The number of carbonyl (C=O) groups excluding carboxylic acids is 1. The van der Waals surface area contributed by atoms with Crippen LogP contribution in [-0.4, -0.2) is 54.0 Å². The predicted molar refractivity (Wildman–Crippen MR) is 68.7 cm³/mol. The summed E-state index contributed by atoms with van der Waals surface area (Å²) in [5.74, 6) is 0.164. The van der Waals surface area contributed by atoms with Crippen LogP contribution in [0.1, 0.15) is 39.0 Å². The highest BCUT2D eigenvalue weighted by Crippen LogP contribution is 2.21. The molecule has 4 nitrogen and oxygen atoms in total. The first-order valence-electron chi connectivity index (χ1n) is 7.00. The first kappa shape index (κ1) is 12.8. The number of nitrogens with two attached hydrogens (primary N) is 1. The minimum Gasteiger partial charge on any atom is -0.338 e. The summed E-state index contributed by atoms with van der Waals surface area (Å²) in [6, 6.07) is 0.311. The molecule has 0 saturated carbocycles. The molecule has 1 amide bonds. The molecule has 0 aliphatic carbocycles. The smallest absolute Gasteiger partial charge is 0.239 e. The minimum absolute atomic E-state index is 0.164. The zero-order chi connectivity index (χ0) is 12.3. The normalized spacial score (nSPS) is 27.6. The van der Waals surface area contributed by atoms with Gasteiger partial charge >= 0.3 is 0 Å². The van der Waals surface area contributed by atoms with Gasteiger partial charge in [-0.25, -0.2) is 0 Å². The molecular formula is C13H25N3O. The average Bonchev–Trinajstić information content (AvgIpc) is 2.37. The second-order valence-electron chi connectivity index (χ2n) is 5.36. The highest BCUT2D eigenvalue weighted by Gasteiger charge is 2.32. The van der Waals surface area contributed by atoms with Gasteiger partial charge in [0.25, 0.3) is 0 Å². The Hall–Kier alpha value is -0.610. The number of fused-ring (bicyclic) bond motifs is 1. The molecule has 2 heterocycles. The molecular weight excluding hydrogens is 214 g/mol.